The minimum Gasteiger partial charge on any atom is -0.492 e. The van der Waals surface area contributed by atoms with Crippen molar-refractivity contribution in [2.45, 2.75) is 32.2 Å². The lowest BCUT2D eigenvalue weighted by atomic mass is 9.93. The zero-order chi connectivity index (χ0) is 17.2. The Balaban J connectivity index is 0.00000312. The van der Waals surface area contributed by atoms with Gasteiger partial charge in [-0.1, -0.05) is 12.1 Å². The molecule has 0 radical (unpaired) electrons. The van der Waals surface area contributed by atoms with Gasteiger partial charge in [-0.2, -0.15) is 0 Å². The second-order valence-corrected chi connectivity index (χ2v) is 6.81. The summed E-state index contributed by atoms with van der Waals surface area (Å²) in [7, 11) is 4.05. The van der Waals surface area contributed by atoms with E-state index >= 15 is 0 Å². The Hall–Kier alpha value is -1.01. The third-order valence-electron chi connectivity index (χ3n) is 4.43. The zero-order valence-electron chi connectivity index (χ0n) is 15.8. The molecule has 1 saturated heterocycles. The topological polar surface area (TPSA) is 53.6 Å². The van der Waals surface area contributed by atoms with E-state index in [1.807, 2.05) is 38.4 Å². The summed E-state index contributed by atoms with van der Waals surface area (Å²) in [5.41, 5.74) is 1.08. The standard InChI is InChI=1S/C19H31N3O2.2ClH/c1-22(2)12-13-24-18-5-3-4-17(14-18)15-21-19(23)7-6-16-8-10-20-11-9-16;;/h3-5,14,16,20H,6-13,15H2,1-2H3,(H,21,23);2*1H. The molecule has 150 valence electrons. The van der Waals surface area contributed by atoms with Crippen LogP contribution in [0.1, 0.15) is 31.2 Å². The Morgan fingerprint density at radius 2 is 2.00 bits per heavy atom. The molecule has 0 spiro atoms. The van der Waals surface area contributed by atoms with Crippen molar-refractivity contribution in [2.24, 2.45) is 5.92 Å². The first kappa shape index (κ1) is 25.0. The molecule has 0 unspecified atom stereocenters. The van der Waals surface area contributed by atoms with Crippen molar-refractivity contribution in [3.63, 3.8) is 0 Å². The zero-order valence-corrected chi connectivity index (χ0v) is 17.5. The van der Waals surface area contributed by atoms with Crippen LogP contribution >= 0.6 is 24.8 Å². The molecular formula is C19H33Cl2N3O2. The lowest BCUT2D eigenvalue weighted by molar-refractivity contribution is -0.121. The first-order valence-electron chi connectivity index (χ1n) is 8.97. The van der Waals surface area contributed by atoms with Gasteiger partial charge < -0.3 is 20.3 Å². The van der Waals surface area contributed by atoms with E-state index in [1.165, 1.54) is 12.8 Å². The summed E-state index contributed by atoms with van der Waals surface area (Å²) in [5.74, 6) is 1.70. The number of ether oxygens (including phenoxy) is 1. The highest BCUT2D eigenvalue weighted by Crippen LogP contribution is 2.17. The summed E-state index contributed by atoms with van der Waals surface area (Å²) in [6.45, 7) is 4.30. The van der Waals surface area contributed by atoms with Crippen LogP contribution in [0.15, 0.2) is 24.3 Å². The van der Waals surface area contributed by atoms with Crippen LogP contribution in [-0.4, -0.2) is 51.1 Å². The van der Waals surface area contributed by atoms with E-state index in [0.717, 1.165) is 37.4 Å². The van der Waals surface area contributed by atoms with E-state index in [9.17, 15) is 4.79 Å². The Labute approximate surface area is 170 Å². The van der Waals surface area contributed by atoms with E-state index < -0.39 is 0 Å². The molecule has 1 amide bonds. The van der Waals surface area contributed by atoms with E-state index in [1.54, 1.807) is 0 Å². The molecule has 0 saturated carbocycles. The Morgan fingerprint density at radius 3 is 2.69 bits per heavy atom. The number of likely N-dealkylation sites (N-methyl/N-ethyl adjacent to an activating group) is 1. The Bertz CT molecular complexity index is 509. The van der Waals surface area contributed by atoms with Crippen LogP contribution in [0.4, 0.5) is 0 Å². The molecule has 1 aliphatic rings. The van der Waals surface area contributed by atoms with Crippen molar-refractivity contribution >= 4 is 30.7 Å². The van der Waals surface area contributed by atoms with Crippen LogP contribution in [0.2, 0.25) is 0 Å². The predicted octanol–water partition coefficient (Wildman–Crippen LogP) is 2.87. The number of benzene rings is 1. The van der Waals surface area contributed by atoms with Gasteiger partial charge in [0.05, 0.1) is 0 Å². The van der Waals surface area contributed by atoms with E-state index in [4.69, 9.17) is 4.74 Å². The van der Waals surface area contributed by atoms with Gasteiger partial charge in [0.15, 0.2) is 0 Å². The van der Waals surface area contributed by atoms with Gasteiger partial charge in [0.25, 0.3) is 0 Å². The number of nitrogens with one attached hydrogen (secondary N) is 2. The molecular weight excluding hydrogens is 373 g/mol. The van der Waals surface area contributed by atoms with Crippen LogP contribution in [0.25, 0.3) is 0 Å². The molecule has 1 aromatic rings. The van der Waals surface area contributed by atoms with Crippen molar-refractivity contribution in [3.05, 3.63) is 29.8 Å². The maximum absolute atomic E-state index is 12.0. The highest BCUT2D eigenvalue weighted by Gasteiger charge is 2.14. The molecule has 2 rings (SSSR count). The fraction of sp³-hybridized carbons (Fsp3) is 0.632. The quantitative estimate of drug-likeness (QED) is 0.662. The monoisotopic (exact) mass is 405 g/mol. The van der Waals surface area contributed by atoms with E-state index in [0.29, 0.717) is 25.5 Å². The second kappa shape index (κ2) is 14.1. The van der Waals surface area contributed by atoms with Gasteiger partial charge in [-0.25, -0.2) is 0 Å². The molecule has 7 heteroatoms. The number of hydrogen-bond donors (Lipinski definition) is 2. The van der Waals surface area contributed by atoms with Crippen molar-refractivity contribution < 1.29 is 9.53 Å². The lowest BCUT2D eigenvalue weighted by Crippen LogP contribution is -2.29. The first-order valence-corrected chi connectivity index (χ1v) is 8.97. The molecule has 1 fully saturated rings. The van der Waals surface area contributed by atoms with Gasteiger partial charge in [-0.15, -0.1) is 24.8 Å². The highest BCUT2D eigenvalue weighted by atomic mass is 35.5. The molecule has 0 aromatic heterocycles. The SMILES string of the molecule is CN(C)CCOc1cccc(CNC(=O)CCC2CCNCC2)c1.Cl.Cl. The molecule has 5 nitrogen and oxygen atoms in total. The maximum atomic E-state index is 12.0. The molecule has 2 N–H and O–H groups in total. The fourth-order valence-corrected chi connectivity index (χ4v) is 2.89. The Morgan fingerprint density at radius 1 is 1.27 bits per heavy atom. The third-order valence-corrected chi connectivity index (χ3v) is 4.43. The fourth-order valence-electron chi connectivity index (χ4n) is 2.89. The minimum atomic E-state index is 0. The highest BCUT2D eigenvalue weighted by molar-refractivity contribution is 5.85. The van der Waals surface area contributed by atoms with Gasteiger partial charge >= 0.3 is 0 Å². The predicted molar refractivity (Wildman–Crippen MR) is 112 cm³/mol. The molecule has 1 heterocycles. The smallest absolute Gasteiger partial charge is 0.220 e. The van der Waals surface area contributed by atoms with Gasteiger partial charge in [-0.05, 0) is 70.1 Å². The van der Waals surface area contributed by atoms with Crippen LogP contribution in [-0.2, 0) is 11.3 Å². The normalized spacial score (nSPS) is 14.3. The van der Waals surface area contributed by atoms with Gasteiger partial charge in [0.2, 0.25) is 5.91 Å². The van der Waals surface area contributed by atoms with E-state index in [-0.39, 0.29) is 30.7 Å². The number of halogens is 2. The van der Waals surface area contributed by atoms with Crippen molar-refractivity contribution in [2.75, 3.05) is 40.3 Å². The molecule has 1 aromatic carbocycles. The molecule has 0 atom stereocenters. The van der Waals surface area contributed by atoms with Crippen LogP contribution < -0.4 is 15.4 Å². The number of hydrogen-bond acceptors (Lipinski definition) is 4. The average molecular weight is 406 g/mol. The number of rotatable bonds is 9. The second-order valence-electron chi connectivity index (χ2n) is 6.81. The summed E-state index contributed by atoms with van der Waals surface area (Å²) in [5, 5.41) is 6.38. The number of carbonyl (C=O) groups is 1. The van der Waals surface area contributed by atoms with Gasteiger partial charge in [-0.3, -0.25) is 4.79 Å². The Kier molecular flexibility index (Phi) is 13.6. The summed E-state index contributed by atoms with van der Waals surface area (Å²) in [6, 6.07) is 7.95. The minimum absolute atomic E-state index is 0. The maximum Gasteiger partial charge on any atom is 0.220 e. The summed E-state index contributed by atoms with van der Waals surface area (Å²) in [6.07, 6.45) is 4.02. The molecule has 26 heavy (non-hydrogen) atoms. The van der Waals surface area contributed by atoms with Crippen molar-refractivity contribution in [1.29, 1.82) is 0 Å². The first-order chi connectivity index (χ1) is 11.6. The summed E-state index contributed by atoms with van der Waals surface area (Å²) < 4.78 is 5.73. The largest absolute Gasteiger partial charge is 0.492 e. The molecule has 1 aliphatic heterocycles. The van der Waals surface area contributed by atoms with Crippen LogP contribution in [0.3, 0.4) is 0 Å². The number of amides is 1. The number of nitrogens with zero attached hydrogens (tertiary/aromatic N) is 1. The molecule has 0 aliphatic carbocycles. The number of carbonyl (C=O) groups excluding carboxylic acids is 1. The van der Waals surface area contributed by atoms with E-state index in [2.05, 4.69) is 15.5 Å². The van der Waals surface area contributed by atoms with Crippen molar-refractivity contribution in [3.8, 4) is 5.75 Å². The van der Waals surface area contributed by atoms with Gasteiger partial charge in [0.1, 0.15) is 12.4 Å². The van der Waals surface area contributed by atoms with Crippen molar-refractivity contribution in [1.82, 2.24) is 15.5 Å². The van der Waals surface area contributed by atoms with Crippen LogP contribution in [0.5, 0.6) is 5.75 Å². The number of piperidine rings is 1. The third kappa shape index (κ3) is 10.2. The van der Waals surface area contributed by atoms with Crippen LogP contribution in [0, 0.1) is 5.92 Å². The average Bonchev–Trinajstić information content (AvgIpc) is 2.59. The van der Waals surface area contributed by atoms with Gasteiger partial charge in [0, 0.05) is 19.5 Å². The molecule has 0 bridgehead atoms. The summed E-state index contributed by atoms with van der Waals surface area (Å²) in [4.78, 5) is 14.1. The summed E-state index contributed by atoms with van der Waals surface area (Å²) >= 11 is 0. The lowest BCUT2D eigenvalue weighted by Gasteiger charge is -2.22.